The van der Waals surface area contributed by atoms with Crippen molar-refractivity contribution >= 4 is 11.6 Å². The first-order valence-corrected chi connectivity index (χ1v) is 3.54. The van der Waals surface area contributed by atoms with Crippen LogP contribution in [0.1, 0.15) is 19.8 Å². The molecule has 0 saturated carbocycles. The van der Waals surface area contributed by atoms with Gasteiger partial charge in [0.2, 0.25) is 0 Å². The van der Waals surface area contributed by atoms with E-state index in [1.807, 2.05) is 6.92 Å². The molecule has 1 atom stereocenters. The fourth-order valence-electron chi connectivity index (χ4n) is 0.370. The summed E-state index contributed by atoms with van der Waals surface area (Å²) in [7, 11) is 0. The smallest absolute Gasteiger partial charge is 0.0784 e. The second kappa shape index (κ2) is 5.94. The van der Waals surface area contributed by atoms with Gasteiger partial charge < -0.3 is 5.11 Å². The molecule has 0 aromatic heterocycles. The third-order valence-electron chi connectivity index (χ3n) is 0.818. The van der Waals surface area contributed by atoms with Gasteiger partial charge in [-0.2, -0.15) is 0 Å². The molecule has 0 bridgehead atoms. The SMILES string of the molecule is CCC#CC[C@H](O)CCl. The molecule has 0 heterocycles. The van der Waals surface area contributed by atoms with Crippen molar-refractivity contribution in [3.05, 3.63) is 0 Å². The zero-order valence-corrected chi connectivity index (χ0v) is 6.28. The average molecular weight is 147 g/mol. The van der Waals surface area contributed by atoms with Crippen molar-refractivity contribution in [2.45, 2.75) is 25.9 Å². The molecular weight excluding hydrogens is 136 g/mol. The molecule has 0 fully saturated rings. The predicted molar refractivity (Wildman–Crippen MR) is 39.4 cm³/mol. The molecule has 2 heteroatoms. The van der Waals surface area contributed by atoms with E-state index in [-0.39, 0.29) is 5.88 Å². The van der Waals surface area contributed by atoms with Crippen molar-refractivity contribution < 1.29 is 5.11 Å². The van der Waals surface area contributed by atoms with Crippen LogP contribution in [-0.4, -0.2) is 17.1 Å². The van der Waals surface area contributed by atoms with Gasteiger partial charge in [0.05, 0.1) is 6.10 Å². The minimum atomic E-state index is -0.453. The predicted octanol–water partition coefficient (Wildman–Crippen LogP) is 1.39. The Bertz CT molecular complexity index is 112. The minimum Gasteiger partial charge on any atom is -0.391 e. The van der Waals surface area contributed by atoms with E-state index >= 15 is 0 Å². The van der Waals surface area contributed by atoms with E-state index < -0.39 is 6.10 Å². The number of halogens is 1. The lowest BCUT2D eigenvalue weighted by Crippen LogP contribution is -2.05. The number of hydrogen-bond acceptors (Lipinski definition) is 1. The standard InChI is InChI=1S/C7H11ClO/c1-2-3-4-5-7(9)6-8/h7,9H,2,5-6H2,1H3/t7-/m0/s1. The van der Waals surface area contributed by atoms with Gasteiger partial charge in [-0.1, -0.05) is 6.92 Å². The lowest BCUT2D eigenvalue weighted by Gasteiger charge is -1.96. The van der Waals surface area contributed by atoms with Gasteiger partial charge in [-0.15, -0.1) is 23.4 Å². The monoisotopic (exact) mass is 146 g/mol. The van der Waals surface area contributed by atoms with E-state index in [0.717, 1.165) is 6.42 Å². The molecule has 0 amide bonds. The number of hydrogen-bond donors (Lipinski definition) is 1. The van der Waals surface area contributed by atoms with Gasteiger partial charge in [-0.05, 0) is 0 Å². The normalized spacial score (nSPS) is 11.9. The van der Waals surface area contributed by atoms with Gasteiger partial charge in [0.1, 0.15) is 0 Å². The molecular formula is C7H11ClO. The summed E-state index contributed by atoms with van der Waals surface area (Å²) >= 11 is 5.31. The highest BCUT2D eigenvalue weighted by Crippen LogP contribution is 1.91. The Morgan fingerprint density at radius 2 is 2.22 bits per heavy atom. The van der Waals surface area contributed by atoms with Crippen molar-refractivity contribution in [3.8, 4) is 11.8 Å². The molecule has 0 spiro atoms. The van der Waals surface area contributed by atoms with E-state index in [2.05, 4.69) is 11.8 Å². The lowest BCUT2D eigenvalue weighted by atomic mass is 10.3. The fraction of sp³-hybridized carbons (Fsp3) is 0.714. The van der Waals surface area contributed by atoms with Crippen LogP contribution in [0.25, 0.3) is 0 Å². The minimum absolute atomic E-state index is 0.276. The molecule has 52 valence electrons. The summed E-state index contributed by atoms with van der Waals surface area (Å²) < 4.78 is 0. The number of aliphatic hydroxyl groups excluding tert-OH is 1. The first kappa shape index (κ1) is 8.81. The van der Waals surface area contributed by atoms with Crippen molar-refractivity contribution in [3.63, 3.8) is 0 Å². The summed E-state index contributed by atoms with van der Waals surface area (Å²) in [5.41, 5.74) is 0. The van der Waals surface area contributed by atoms with Gasteiger partial charge in [0, 0.05) is 18.7 Å². The number of alkyl halides is 1. The van der Waals surface area contributed by atoms with Crippen LogP contribution >= 0.6 is 11.6 Å². The Kier molecular flexibility index (Phi) is 5.81. The van der Waals surface area contributed by atoms with Crippen LogP contribution in [0.15, 0.2) is 0 Å². The van der Waals surface area contributed by atoms with E-state index in [1.165, 1.54) is 0 Å². The van der Waals surface area contributed by atoms with Crippen LogP contribution < -0.4 is 0 Å². The quantitative estimate of drug-likeness (QED) is 0.461. The summed E-state index contributed by atoms with van der Waals surface area (Å²) in [4.78, 5) is 0. The van der Waals surface area contributed by atoms with Crippen LogP contribution in [-0.2, 0) is 0 Å². The lowest BCUT2D eigenvalue weighted by molar-refractivity contribution is 0.204. The maximum Gasteiger partial charge on any atom is 0.0784 e. The second-order valence-electron chi connectivity index (χ2n) is 1.72. The highest BCUT2D eigenvalue weighted by Gasteiger charge is 1.95. The molecule has 0 aromatic carbocycles. The molecule has 0 aliphatic rings. The number of rotatable bonds is 2. The average Bonchev–Trinajstić information content (AvgIpc) is 1.89. The van der Waals surface area contributed by atoms with Crippen molar-refractivity contribution in [1.29, 1.82) is 0 Å². The van der Waals surface area contributed by atoms with Crippen LogP contribution in [0.5, 0.6) is 0 Å². The maximum absolute atomic E-state index is 8.85. The highest BCUT2D eigenvalue weighted by atomic mass is 35.5. The van der Waals surface area contributed by atoms with Crippen molar-refractivity contribution in [2.24, 2.45) is 0 Å². The van der Waals surface area contributed by atoms with Gasteiger partial charge in [0.15, 0.2) is 0 Å². The molecule has 1 N–H and O–H groups in total. The molecule has 0 radical (unpaired) electrons. The first-order chi connectivity index (χ1) is 4.31. The molecule has 0 aliphatic heterocycles. The van der Waals surface area contributed by atoms with Crippen LogP contribution in [0.4, 0.5) is 0 Å². The molecule has 0 unspecified atom stereocenters. The Morgan fingerprint density at radius 1 is 1.56 bits per heavy atom. The first-order valence-electron chi connectivity index (χ1n) is 3.01. The van der Waals surface area contributed by atoms with E-state index in [1.54, 1.807) is 0 Å². The number of aliphatic hydroxyl groups is 1. The Morgan fingerprint density at radius 3 is 2.67 bits per heavy atom. The van der Waals surface area contributed by atoms with E-state index in [0.29, 0.717) is 6.42 Å². The summed E-state index contributed by atoms with van der Waals surface area (Å²) in [5.74, 6) is 5.92. The molecule has 0 saturated heterocycles. The Balaban J connectivity index is 3.25. The molecule has 0 rings (SSSR count). The maximum atomic E-state index is 8.85. The molecule has 1 nitrogen and oxygen atoms in total. The van der Waals surface area contributed by atoms with E-state index in [4.69, 9.17) is 16.7 Å². The summed E-state index contributed by atoms with van der Waals surface area (Å²) in [5, 5.41) is 8.85. The third-order valence-corrected chi connectivity index (χ3v) is 1.17. The van der Waals surface area contributed by atoms with Gasteiger partial charge in [0.25, 0.3) is 0 Å². The molecule has 0 aliphatic carbocycles. The molecule has 9 heavy (non-hydrogen) atoms. The summed E-state index contributed by atoms with van der Waals surface area (Å²) in [6.45, 7) is 1.97. The Hall–Kier alpha value is -0.190. The fourth-order valence-corrected chi connectivity index (χ4v) is 0.479. The van der Waals surface area contributed by atoms with Gasteiger partial charge in [-0.3, -0.25) is 0 Å². The summed E-state index contributed by atoms with van der Waals surface area (Å²) in [6, 6.07) is 0. The van der Waals surface area contributed by atoms with E-state index in [9.17, 15) is 0 Å². The zero-order valence-electron chi connectivity index (χ0n) is 5.52. The van der Waals surface area contributed by atoms with Gasteiger partial charge >= 0.3 is 0 Å². The summed E-state index contributed by atoms with van der Waals surface area (Å²) in [6.07, 6.45) is 0.887. The van der Waals surface area contributed by atoms with Crippen LogP contribution in [0, 0.1) is 11.8 Å². The zero-order chi connectivity index (χ0) is 7.11. The second-order valence-corrected chi connectivity index (χ2v) is 2.03. The van der Waals surface area contributed by atoms with Crippen LogP contribution in [0.3, 0.4) is 0 Å². The third kappa shape index (κ3) is 5.68. The molecule has 0 aromatic rings. The highest BCUT2D eigenvalue weighted by molar-refractivity contribution is 6.18. The van der Waals surface area contributed by atoms with Crippen LogP contribution in [0.2, 0.25) is 0 Å². The van der Waals surface area contributed by atoms with Gasteiger partial charge in [-0.25, -0.2) is 0 Å². The topological polar surface area (TPSA) is 20.2 Å². The Labute approximate surface area is 61.0 Å². The van der Waals surface area contributed by atoms with Crippen molar-refractivity contribution in [1.82, 2.24) is 0 Å². The largest absolute Gasteiger partial charge is 0.391 e. The van der Waals surface area contributed by atoms with Crippen molar-refractivity contribution in [2.75, 3.05) is 5.88 Å².